The average Bonchev–Trinajstić information content (AvgIpc) is 3.10. The molecule has 0 bridgehead atoms. The molecule has 0 saturated heterocycles. The van der Waals surface area contributed by atoms with Crippen molar-refractivity contribution in [3.8, 4) is 11.1 Å². The van der Waals surface area contributed by atoms with Crippen LogP contribution >= 0.6 is 23.2 Å². The van der Waals surface area contributed by atoms with Crippen LogP contribution in [0.15, 0.2) is 67.0 Å². The van der Waals surface area contributed by atoms with Crippen LogP contribution < -0.4 is 0 Å². The summed E-state index contributed by atoms with van der Waals surface area (Å²) in [6, 6.07) is 17.3. The van der Waals surface area contributed by atoms with Gasteiger partial charge in [-0.25, -0.2) is 4.79 Å². The largest absolute Gasteiger partial charge is 0.461 e. The molecule has 0 amide bonds. The van der Waals surface area contributed by atoms with E-state index in [1.807, 2.05) is 59.3 Å². The van der Waals surface area contributed by atoms with Crippen molar-refractivity contribution in [2.75, 3.05) is 6.61 Å². The minimum atomic E-state index is -0.360. The molecule has 2 aromatic carbocycles. The SMILES string of the molecule is CCOC(=O)c1cc2c(-c3cccnc3)cccc2n1Cc1ccc(Cl)c(Cl)c1. The van der Waals surface area contributed by atoms with E-state index in [1.165, 1.54) is 0 Å². The summed E-state index contributed by atoms with van der Waals surface area (Å²) < 4.78 is 7.26. The number of carbonyl (C=O) groups excluding carboxylic acids is 1. The molecule has 0 atom stereocenters. The van der Waals surface area contributed by atoms with Gasteiger partial charge in [0.25, 0.3) is 0 Å². The van der Waals surface area contributed by atoms with E-state index in [-0.39, 0.29) is 5.97 Å². The van der Waals surface area contributed by atoms with Gasteiger partial charge in [0.05, 0.1) is 16.7 Å². The number of ether oxygens (including phenoxy) is 1. The Balaban J connectivity index is 1.90. The third kappa shape index (κ3) is 3.86. The quantitative estimate of drug-likeness (QED) is 0.356. The van der Waals surface area contributed by atoms with Crippen LogP contribution in [0.5, 0.6) is 0 Å². The van der Waals surface area contributed by atoms with Crippen LogP contribution in [0.3, 0.4) is 0 Å². The number of aromatic nitrogens is 2. The van der Waals surface area contributed by atoms with E-state index < -0.39 is 0 Å². The van der Waals surface area contributed by atoms with Crippen molar-refractivity contribution in [3.63, 3.8) is 0 Å². The molecule has 0 aliphatic carbocycles. The minimum absolute atomic E-state index is 0.308. The molecule has 2 heterocycles. The van der Waals surface area contributed by atoms with Crippen LogP contribution in [0.1, 0.15) is 23.0 Å². The van der Waals surface area contributed by atoms with E-state index >= 15 is 0 Å². The number of benzene rings is 2. The first-order valence-corrected chi connectivity index (χ1v) is 9.97. The highest BCUT2D eigenvalue weighted by atomic mass is 35.5. The molecule has 0 N–H and O–H groups in total. The van der Waals surface area contributed by atoms with E-state index in [9.17, 15) is 4.79 Å². The van der Waals surface area contributed by atoms with Gasteiger partial charge in [-0.3, -0.25) is 4.98 Å². The number of hydrogen-bond acceptors (Lipinski definition) is 3. The summed E-state index contributed by atoms with van der Waals surface area (Å²) in [5, 5.41) is 1.94. The summed E-state index contributed by atoms with van der Waals surface area (Å²) >= 11 is 12.2. The molecule has 0 aliphatic rings. The predicted molar refractivity (Wildman–Crippen MR) is 117 cm³/mol. The fraction of sp³-hybridized carbons (Fsp3) is 0.130. The second-order valence-electron chi connectivity index (χ2n) is 6.56. The number of esters is 1. The van der Waals surface area contributed by atoms with Crippen molar-refractivity contribution in [2.24, 2.45) is 0 Å². The molecule has 4 rings (SSSR count). The number of nitrogens with zero attached hydrogens (tertiary/aromatic N) is 2. The lowest BCUT2D eigenvalue weighted by Gasteiger charge is -2.11. The zero-order valence-corrected chi connectivity index (χ0v) is 17.2. The summed E-state index contributed by atoms with van der Waals surface area (Å²) in [4.78, 5) is 16.9. The molecule has 0 fully saturated rings. The Morgan fingerprint density at radius 3 is 2.66 bits per heavy atom. The fourth-order valence-electron chi connectivity index (χ4n) is 3.42. The van der Waals surface area contributed by atoms with Crippen molar-refractivity contribution < 1.29 is 9.53 Å². The standard InChI is InChI=1S/C23H18Cl2N2O2/c1-2-29-23(28)22-12-18-17(16-5-4-10-26-13-16)6-3-7-21(18)27(22)14-15-8-9-19(24)20(25)11-15/h3-13H,2,14H2,1H3. The van der Waals surface area contributed by atoms with Crippen molar-refractivity contribution in [2.45, 2.75) is 13.5 Å². The zero-order valence-electron chi connectivity index (χ0n) is 15.7. The van der Waals surface area contributed by atoms with Crippen molar-refractivity contribution >= 4 is 40.1 Å². The van der Waals surface area contributed by atoms with Gasteiger partial charge in [-0.2, -0.15) is 0 Å². The Kier molecular flexibility index (Phi) is 5.56. The fourth-order valence-corrected chi connectivity index (χ4v) is 3.74. The summed E-state index contributed by atoms with van der Waals surface area (Å²) in [7, 11) is 0. The van der Waals surface area contributed by atoms with Crippen LogP contribution in [-0.4, -0.2) is 22.1 Å². The van der Waals surface area contributed by atoms with E-state index in [1.54, 1.807) is 19.2 Å². The van der Waals surface area contributed by atoms with Gasteiger partial charge in [0.1, 0.15) is 5.69 Å². The molecule has 146 valence electrons. The average molecular weight is 425 g/mol. The molecule has 0 radical (unpaired) electrons. The van der Waals surface area contributed by atoms with Crippen molar-refractivity contribution in [1.82, 2.24) is 9.55 Å². The number of hydrogen-bond donors (Lipinski definition) is 0. The minimum Gasteiger partial charge on any atom is -0.461 e. The number of rotatable bonds is 5. The van der Waals surface area contributed by atoms with Gasteiger partial charge in [0, 0.05) is 35.4 Å². The van der Waals surface area contributed by atoms with Crippen LogP contribution in [0.4, 0.5) is 0 Å². The van der Waals surface area contributed by atoms with E-state index in [2.05, 4.69) is 4.98 Å². The third-order valence-electron chi connectivity index (χ3n) is 4.73. The monoisotopic (exact) mass is 424 g/mol. The van der Waals surface area contributed by atoms with Gasteiger partial charge in [-0.05, 0) is 48.4 Å². The molecule has 0 spiro atoms. The van der Waals surface area contributed by atoms with Crippen molar-refractivity contribution in [3.05, 3.63) is 88.3 Å². The lowest BCUT2D eigenvalue weighted by molar-refractivity contribution is 0.0515. The maximum absolute atomic E-state index is 12.7. The molecular weight excluding hydrogens is 407 g/mol. The van der Waals surface area contributed by atoms with Gasteiger partial charge in [0.15, 0.2) is 0 Å². The lowest BCUT2D eigenvalue weighted by Crippen LogP contribution is -2.12. The maximum atomic E-state index is 12.7. The Morgan fingerprint density at radius 1 is 1.07 bits per heavy atom. The highest BCUT2D eigenvalue weighted by Gasteiger charge is 2.19. The first-order valence-electron chi connectivity index (χ1n) is 9.22. The molecule has 4 nitrogen and oxygen atoms in total. The first kappa shape index (κ1) is 19.5. The second kappa shape index (κ2) is 8.27. The highest BCUT2D eigenvalue weighted by molar-refractivity contribution is 6.42. The van der Waals surface area contributed by atoms with Crippen molar-refractivity contribution in [1.29, 1.82) is 0 Å². The van der Waals surface area contributed by atoms with Gasteiger partial charge in [-0.1, -0.05) is 47.5 Å². The van der Waals surface area contributed by atoms with Gasteiger partial charge in [-0.15, -0.1) is 0 Å². The zero-order chi connectivity index (χ0) is 20.4. The predicted octanol–water partition coefficient (Wildman–Crippen LogP) is 6.24. The molecule has 29 heavy (non-hydrogen) atoms. The summed E-state index contributed by atoms with van der Waals surface area (Å²) in [5.74, 6) is -0.360. The normalized spacial score (nSPS) is 11.0. The van der Waals surface area contributed by atoms with Gasteiger partial charge >= 0.3 is 5.97 Å². The molecule has 6 heteroatoms. The van der Waals surface area contributed by atoms with Crippen LogP contribution in [0.2, 0.25) is 10.0 Å². The summed E-state index contributed by atoms with van der Waals surface area (Å²) in [5.41, 5.74) is 4.35. The van der Waals surface area contributed by atoms with Crippen LogP contribution in [0, 0.1) is 0 Å². The number of fused-ring (bicyclic) bond motifs is 1. The van der Waals surface area contributed by atoms with Gasteiger partial charge < -0.3 is 9.30 Å². The summed E-state index contributed by atoms with van der Waals surface area (Å²) in [6.45, 7) is 2.57. The Morgan fingerprint density at radius 2 is 1.93 bits per heavy atom. The van der Waals surface area contributed by atoms with Crippen LogP contribution in [0.25, 0.3) is 22.0 Å². The number of halogens is 2. The first-order chi connectivity index (χ1) is 14.1. The number of carbonyl (C=O) groups is 1. The van der Waals surface area contributed by atoms with Gasteiger partial charge in [0.2, 0.25) is 0 Å². The molecule has 4 aromatic rings. The molecule has 0 unspecified atom stereocenters. The Labute approximate surface area is 178 Å². The maximum Gasteiger partial charge on any atom is 0.354 e. The Bertz CT molecular complexity index is 1190. The number of pyridine rings is 1. The summed E-state index contributed by atoms with van der Waals surface area (Å²) in [6.07, 6.45) is 3.55. The Hall–Kier alpha value is -2.82. The van der Waals surface area contributed by atoms with E-state index in [4.69, 9.17) is 27.9 Å². The molecular formula is C23H18Cl2N2O2. The lowest BCUT2D eigenvalue weighted by atomic mass is 10.0. The van der Waals surface area contributed by atoms with Crippen LogP contribution in [-0.2, 0) is 11.3 Å². The molecule has 0 aliphatic heterocycles. The van der Waals surface area contributed by atoms with E-state index in [0.717, 1.165) is 27.6 Å². The third-order valence-corrected chi connectivity index (χ3v) is 5.47. The smallest absolute Gasteiger partial charge is 0.354 e. The van der Waals surface area contributed by atoms with E-state index in [0.29, 0.717) is 28.9 Å². The molecule has 2 aromatic heterocycles. The topological polar surface area (TPSA) is 44.1 Å². The molecule has 0 saturated carbocycles. The second-order valence-corrected chi connectivity index (χ2v) is 7.38. The highest BCUT2D eigenvalue weighted by Crippen LogP contribution is 2.32.